The Morgan fingerprint density at radius 1 is 1.25 bits per heavy atom. The summed E-state index contributed by atoms with van der Waals surface area (Å²) in [6.07, 6.45) is 0. The SMILES string of the molecule is CN(Cc1cccs1)C(=O)CN1C(=O)NC(C)(c2cccc(C(N)=O)c2)C1=O. The number of hydrogen-bond donors (Lipinski definition) is 2. The number of benzene rings is 1. The van der Waals surface area contributed by atoms with Crippen LogP contribution in [0, 0.1) is 0 Å². The summed E-state index contributed by atoms with van der Waals surface area (Å²) in [6.45, 7) is 1.57. The average Bonchev–Trinajstić information content (AvgIpc) is 3.24. The van der Waals surface area contributed by atoms with Crippen molar-refractivity contribution in [3.05, 3.63) is 57.8 Å². The number of urea groups is 1. The van der Waals surface area contributed by atoms with Gasteiger partial charge >= 0.3 is 6.03 Å². The predicted octanol–water partition coefficient (Wildman–Crippen LogP) is 1.27. The minimum absolute atomic E-state index is 0.228. The van der Waals surface area contributed by atoms with Gasteiger partial charge in [-0.25, -0.2) is 4.79 Å². The second-order valence-corrected chi connectivity index (χ2v) is 7.75. The summed E-state index contributed by atoms with van der Waals surface area (Å²) in [5, 5.41) is 4.53. The second kappa shape index (κ2) is 7.43. The minimum atomic E-state index is -1.38. The number of hydrogen-bond acceptors (Lipinski definition) is 5. The van der Waals surface area contributed by atoms with E-state index in [2.05, 4.69) is 5.32 Å². The quantitative estimate of drug-likeness (QED) is 0.711. The number of primary amides is 1. The van der Waals surface area contributed by atoms with E-state index in [4.69, 9.17) is 5.73 Å². The summed E-state index contributed by atoms with van der Waals surface area (Å²) in [6, 6.07) is 9.34. The molecule has 1 aromatic heterocycles. The molecule has 2 heterocycles. The number of rotatable bonds is 6. The largest absolute Gasteiger partial charge is 0.366 e. The van der Waals surface area contributed by atoms with E-state index in [1.165, 1.54) is 35.3 Å². The third-order valence-corrected chi connectivity index (χ3v) is 5.55. The predicted molar refractivity (Wildman–Crippen MR) is 103 cm³/mol. The molecule has 0 aliphatic carbocycles. The zero-order valence-electron chi connectivity index (χ0n) is 15.5. The lowest BCUT2D eigenvalue weighted by molar-refractivity contribution is -0.138. The molecular formula is C19H20N4O4S. The highest BCUT2D eigenvalue weighted by Gasteiger charge is 2.49. The number of carbonyl (C=O) groups excluding carboxylic acids is 4. The molecule has 1 unspecified atom stereocenters. The molecular weight excluding hydrogens is 380 g/mol. The fourth-order valence-corrected chi connectivity index (χ4v) is 3.76. The first-order valence-corrected chi connectivity index (χ1v) is 9.41. The van der Waals surface area contributed by atoms with Crippen molar-refractivity contribution in [3.8, 4) is 0 Å². The second-order valence-electron chi connectivity index (χ2n) is 6.72. The average molecular weight is 400 g/mol. The molecule has 0 saturated carbocycles. The number of imide groups is 1. The number of nitrogens with two attached hydrogens (primary N) is 1. The summed E-state index contributed by atoms with van der Waals surface area (Å²) in [5.74, 6) is -1.55. The van der Waals surface area contributed by atoms with E-state index in [-0.39, 0.29) is 18.0 Å². The zero-order valence-corrected chi connectivity index (χ0v) is 16.3. The molecule has 0 spiro atoms. The van der Waals surface area contributed by atoms with Gasteiger partial charge in [0.1, 0.15) is 12.1 Å². The summed E-state index contributed by atoms with van der Waals surface area (Å²) in [7, 11) is 1.62. The van der Waals surface area contributed by atoms with Gasteiger partial charge < -0.3 is 16.0 Å². The van der Waals surface area contributed by atoms with Gasteiger partial charge in [0, 0.05) is 17.5 Å². The van der Waals surface area contributed by atoms with Crippen molar-refractivity contribution in [2.75, 3.05) is 13.6 Å². The van der Waals surface area contributed by atoms with Gasteiger partial charge in [0.15, 0.2) is 0 Å². The van der Waals surface area contributed by atoms with Gasteiger partial charge in [0.2, 0.25) is 11.8 Å². The first-order chi connectivity index (χ1) is 13.2. The fourth-order valence-electron chi connectivity index (χ4n) is 3.00. The molecule has 1 aliphatic heterocycles. The molecule has 8 nitrogen and oxygen atoms in total. The first kappa shape index (κ1) is 19.6. The van der Waals surface area contributed by atoms with Gasteiger partial charge in [-0.2, -0.15) is 0 Å². The molecule has 2 aromatic rings. The maximum atomic E-state index is 13.0. The first-order valence-electron chi connectivity index (χ1n) is 8.53. The van der Waals surface area contributed by atoms with Gasteiger partial charge in [-0.05, 0) is 36.1 Å². The summed E-state index contributed by atoms with van der Waals surface area (Å²) in [4.78, 5) is 52.6. The van der Waals surface area contributed by atoms with Gasteiger partial charge in [-0.1, -0.05) is 18.2 Å². The Labute approximate surface area is 165 Å². The van der Waals surface area contributed by atoms with E-state index in [9.17, 15) is 19.2 Å². The number of nitrogens with zero attached hydrogens (tertiary/aromatic N) is 2. The summed E-state index contributed by atoms with van der Waals surface area (Å²) >= 11 is 1.52. The van der Waals surface area contributed by atoms with E-state index in [1.807, 2.05) is 17.5 Å². The third kappa shape index (κ3) is 3.61. The van der Waals surface area contributed by atoms with Crippen LogP contribution in [0.4, 0.5) is 4.79 Å². The number of nitrogens with one attached hydrogen (secondary N) is 1. The topological polar surface area (TPSA) is 113 Å². The Morgan fingerprint density at radius 3 is 2.64 bits per heavy atom. The van der Waals surface area contributed by atoms with Crippen molar-refractivity contribution in [2.24, 2.45) is 5.73 Å². The van der Waals surface area contributed by atoms with E-state index in [0.29, 0.717) is 12.1 Å². The Morgan fingerprint density at radius 2 is 2.00 bits per heavy atom. The van der Waals surface area contributed by atoms with Crippen LogP contribution in [-0.2, 0) is 21.7 Å². The molecule has 3 N–H and O–H groups in total. The minimum Gasteiger partial charge on any atom is -0.366 e. The van der Waals surface area contributed by atoms with E-state index in [1.54, 1.807) is 19.2 Å². The van der Waals surface area contributed by atoms with Crippen LogP contribution in [-0.4, -0.2) is 47.1 Å². The van der Waals surface area contributed by atoms with E-state index >= 15 is 0 Å². The van der Waals surface area contributed by atoms with Crippen LogP contribution in [0.5, 0.6) is 0 Å². The number of amides is 5. The molecule has 146 valence electrons. The van der Waals surface area contributed by atoms with E-state index in [0.717, 1.165) is 9.78 Å². The van der Waals surface area contributed by atoms with Crippen LogP contribution in [0.3, 0.4) is 0 Å². The van der Waals surface area contributed by atoms with Gasteiger partial charge in [-0.15, -0.1) is 11.3 Å². The standard InChI is InChI=1S/C19H20N4O4S/c1-19(13-6-3-5-12(9-13)16(20)25)17(26)23(18(27)21-19)11-15(24)22(2)10-14-7-4-8-28-14/h3-9H,10-11H2,1-2H3,(H2,20,25)(H,21,27). The van der Waals surface area contributed by atoms with Crippen molar-refractivity contribution in [3.63, 3.8) is 0 Å². The Kier molecular flexibility index (Phi) is 5.19. The zero-order chi connectivity index (χ0) is 20.5. The Balaban J connectivity index is 1.76. The maximum Gasteiger partial charge on any atom is 0.325 e. The molecule has 28 heavy (non-hydrogen) atoms. The molecule has 5 amide bonds. The lowest BCUT2D eigenvalue weighted by Gasteiger charge is -2.23. The van der Waals surface area contributed by atoms with Crippen LogP contribution < -0.4 is 11.1 Å². The molecule has 9 heteroatoms. The molecule has 1 saturated heterocycles. The lowest BCUT2D eigenvalue weighted by atomic mass is 9.90. The van der Waals surface area contributed by atoms with Crippen molar-refractivity contribution in [2.45, 2.75) is 19.0 Å². The third-order valence-electron chi connectivity index (χ3n) is 4.69. The highest BCUT2D eigenvalue weighted by Crippen LogP contribution is 2.29. The number of carbonyl (C=O) groups is 4. The fraction of sp³-hybridized carbons (Fsp3) is 0.263. The van der Waals surface area contributed by atoms with Crippen LogP contribution in [0.15, 0.2) is 41.8 Å². The summed E-state index contributed by atoms with van der Waals surface area (Å²) in [5.41, 5.74) is 4.57. The van der Waals surface area contributed by atoms with Crippen molar-refractivity contribution in [1.29, 1.82) is 0 Å². The van der Waals surface area contributed by atoms with Gasteiger partial charge in [-0.3, -0.25) is 19.3 Å². The number of likely N-dealkylation sites (N-methyl/N-ethyl adjacent to an activating group) is 1. The Bertz CT molecular complexity index is 943. The molecule has 3 rings (SSSR count). The Hall–Kier alpha value is -3.20. The summed E-state index contributed by atoms with van der Waals surface area (Å²) < 4.78 is 0. The molecule has 1 aromatic carbocycles. The monoisotopic (exact) mass is 400 g/mol. The van der Waals surface area contributed by atoms with E-state index < -0.39 is 23.4 Å². The van der Waals surface area contributed by atoms with Gasteiger partial charge in [0.25, 0.3) is 5.91 Å². The molecule has 0 bridgehead atoms. The molecule has 0 radical (unpaired) electrons. The normalized spacial score (nSPS) is 18.9. The number of thiophene rings is 1. The van der Waals surface area contributed by atoms with Crippen molar-refractivity contribution in [1.82, 2.24) is 15.1 Å². The van der Waals surface area contributed by atoms with Crippen LogP contribution in [0.1, 0.15) is 27.7 Å². The molecule has 1 fully saturated rings. The lowest BCUT2D eigenvalue weighted by Crippen LogP contribution is -2.43. The van der Waals surface area contributed by atoms with Crippen LogP contribution in [0.25, 0.3) is 0 Å². The van der Waals surface area contributed by atoms with Crippen LogP contribution in [0.2, 0.25) is 0 Å². The maximum absolute atomic E-state index is 13.0. The molecule has 1 atom stereocenters. The highest BCUT2D eigenvalue weighted by atomic mass is 32.1. The molecule has 1 aliphatic rings. The van der Waals surface area contributed by atoms with Crippen molar-refractivity contribution < 1.29 is 19.2 Å². The van der Waals surface area contributed by atoms with Crippen molar-refractivity contribution >= 4 is 35.1 Å². The van der Waals surface area contributed by atoms with Crippen LogP contribution >= 0.6 is 11.3 Å². The van der Waals surface area contributed by atoms with Gasteiger partial charge in [0.05, 0.1) is 6.54 Å². The smallest absolute Gasteiger partial charge is 0.325 e. The highest BCUT2D eigenvalue weighted by molar-refractivity contribution is 7.09.